The van der Waals surface area contributed by atoms with Crippen molar-refractivity contribution in [3.63, 3.8) is 0 Å². The fourth-order valence-electron chi connectivity index (χ4n) is 2.44. The highest BCUT2D eigenvalue weighted by atomic mass is 19.1. The van der Waals surface area contributed by atoms with E-state index in [0.717, 1.165) is 18.2 Å². The van der Waals surface area contributed by atoms with Gasteiger partial charge in [0, 0.05) is 6.08 Å². The summed E-state index contributed by atoms with van der Waals surface area (Å²) in [6, 6.07) is 8.34. The highest BCUT2D eigenvalue weighted by molar-refractivity contribution is 5.96. The maximum atomic E-state index is 13.6. The predicted molar refractivity (Wildman–Crippen MR) is 108 cm³/mol. The quantitative estimate of drug-likeness (QED) is 0.483. The molecule has 2 aromatic rings. The van der Waals surface area contributed by atoms with E-state index in [1.807, 2.05) is 13.8 Å². The normalized spacial score (nSPS) is 11.8. The molecule has 160 valence electrons. The molecular formula is C22H23F2NO5. The molecule has 8 heteroatoms. The topological polar surface area (TPSA) is 73.9 Å². The Morgan fingerprint density at radius 2 is 1.67 bits per heavy atom. The van der Waals surface area contributed by atoms with Crippen LogP contribution in [0, 0.1) is 11.6 Å². The zero-order valence-electron chi connectivity index (χ0n) is 16.9. The summed E-state index contributed by atoms with van der Waals surface area (Å²) < 4.78 is 43.2. The molecule has 0 aliphatic rings. The molecule has 0 heterocycles. The van der Waals surface area contributed by atoms with Gasteiger partial charge in [0.2, 0.25) is 0 Å². The first-order valence-corrected chi connectivity index (χ1v) is 9.38. The number of benzene rings is 2. The van der Waals surface area contributed by atoms with Crippen molar-refractivity contribution in [3.8, 4) is 11.5 Å². The minimum Gasteiger partial charge on any atom is -0.490 e. The van der Waals surface area contributed by atoms with Gasteiger partial charge in [-0.3, -0.25) is 4.79 Å². The number of ether oxygens (including phenoxy) is 3. The van der Waals surface area contributed by atoms with Crippen molar-refractivity contribution >= 4 is 23.6 Å². The van der Waals surface area contributed by atoms with Crippen molar-refractivity contribution < 1.29 is 32.6 Å². The van der Waals surface area contributed by atoms with Crippen molar-refractivity contribution in [1.82, 2.24) is 0 Å². The number of hydrogen-bond donors (Lipinski definition) is 1. The van der Waals surface area contributed by atoms with E-state index >= 15 is 0 Å². The number of rotatable bonds is 9. The second-order valence-electron chi connectivity index (χ2n) is 6.07. The number of esters is 1. The molecule has 1 atom stereocenters. The van der Waals surface area contributed by atoms with E-state index in [0.29, 0.717) is 30.3 Å². The Labute approximate surface area is 173 Å². The number of nitrogens with one attached hydrogen (secondary N) is 1. The molecule has 2 rings (SSSR count). The second kappa shape index (κ2) is 10.9. The minimum atomic E-state index is -1.26. The fourth-order valence-corrected chi connectivity index (χ4v) is 2.44. The van der Waals surface area contributed by atoms with E-state index in [1.165, 1.54) is 19.1 Å². The number of carbonyl (C=O) groups excluding carboxylic acids is 2. The number of halogens is 2. The molecule has 1 amide bonds. The minimum absolute atomic E-state index is 0.449. The standard InChI is InChI=1S/C22H23F2NO5/c1-4-28-18-11-9-15(13-19(18)29-5-2)10-12-20(26)30-14(3)22(27)25-21-16(23)7-6-8-17(21)24/h6-14H,4-5H2,1-3H3,(H,25,27)/b12-10+/t14-/m1/s1. The van der Waals surface area contributed by atoms with Gasteiger partial charge in [-0.2, -0.15) is 0 Å². The molecule has 0 radical (unpaired) electrons. The van der Waals surface area contributed by atoms with Gasteiger partial charge in [0.05, 0.1) is 13.2 Å². The molecule has 30 heavy (non-hydrogen) atoms. The zero-order valence-corrected chi connectivity index (χ0v) is 16.9. The SMILES string of the molecule is CCOc1ccc(/C=C/C(=O)O[C@H](C)C(=O)Nc2c(F)cccc2F)cc1OCC. The maximum Gasteiger partial charge on any atom is 0.331 e. The number of amides is 1. The molecule has 6 nitrogen and oxygen atoms in total. The summed E-state index contributed by atoms with van der Waals surface area (Å²) in [5.74, 6) is -2.39. The monoisotopic (exact) mass is 419 g/mol. The molecule has 0 aliphatic heterocycles. The van der Waals surface area contributed by atoms with Gasteiger partial charge in [0.25, 0.3) is 5.91 Å². The summed E-state index contributed by atoms with van der Waals surface area (Å²) in [5.41, 5.74) is 0.0585. The molecule has 2 aromatic carbocycles. The van der Waals surface area contributed by atoms with Crippen LogP contribution in [0.5, 0.6) is 11.5 Å². The predicted octanol–water partition coefficient (Wildman–Crippen LogP) is 4.35. The van der Waals surface area contributed by atoms with Gasteiger partial charge in [0.15, 0.2) is 17.6 Å². The highest BCUT2D eigenvalue weighted by Gasteiger charge is 2.20. The maximum absolute atomic E-state index is 13.6. The lowest BCUT2D eigenvalue weighted by molar-refractivity contribution is -0.148. The number of para-hydroxylation sites is 1. The van der Waals surface area contributed by atoms with Crippen LogP contribution in [0.2, 0.25) is 0 Å². The molecule has 0 saturated heterocycles. The van der Waals surface area contributed by atoms with E-state index < -0.39 is 35.3 Å². The first-order valence-electron chi connectivity index (χ1n) is 9.38. The van der Waals surface area contributed by atoms with Crippen LogP contribution in [0.4, 0.5) is 14.5 Å². The van der Waals surface area contributed by atoms with Crippen molar-refractivity contribution in [1.29, 1.82) is 0 Å². The zero-order chi connectivity index (χ0) is 22.1. The molecule has 0 aromatic heterocycles. The average Bonchev–Trinajstić information content (AvgIpc) is 2.71. The molecular weight excluding hydrogens is 396 g/mol. The largest absolute Gasteiger partial charge is 0.490 e. The van der Waals surface area contributed by atoms with E-state index in [2.05, 4.69) is 5.32 Å². The van der Waals surface area contributed by atoms with Crippen LogP contribution in [-0.2, 0) is 14.3 Å². The van der Waals surface area contributed by atoms with E-state index in [1.54, 1.807) is 18.2 Å². The van der Waals surface area contributed by atoms with Crippen molar-refractivity contribution in [2.45, 2.75) is 26.9 Å². The van der Waals surface area contributed by atoms with Crippen LogP contribution >= 0.6 is 0 Å². The Bertz CT molecular complexity index is 909. The van der Waals surface area contributed by atoms with Crippen molar-refractivity contribution in [3.05, 3.63) is 59.7 Å². The number of carbonyl (C=O) groups is 2. The van der Waals surface area contributed by atoms with Crippen LogP contribution < -0.4 is 14.8 Å². The summed E-state index contributed by atoms with van der Waals surface area (Å²) in [6.45, 7) is 5.93. The summed E-state index contributed by atoms with van der Waals surface area (Å²) in [6.07, 6.45) is 1.36. The van der Waals surface area contributed by atoms with Gasteiger partial charge in [-0.05, 0) is 56.7 Å². The number of anilines is 1. The van der Waals surface area contributed by atoms with E-state index in [9.17, 15) is 18.4 Å². The van der Waals surface area contributed by atoms with Crippen LogP contribution in [0.1, 0.15) is 26.3 Å². The number of hydrogen-bond acceptors (Lipinski definition) is 5. The van der Waals surface area contributed by atoms with Crippen LogP contribution in [0.25, 0.3) is 6.08 Å². The Balaban J connectivity index is 1.99. The average molecular weight is 419 g/mol. The molecule has 0 saturated carbocycles. The second-order valence-corrected chi connectivity index (χ2v) is 6.07. The Hall–Kier alpha value is -3.42. The molecule has 0 fully saturated rings. The Morgan fingerprint density at radius 3 is 2.30 bits per heavy atom. The van der Waals surface area contributed by atoms with E-state index in [4.69, 9.17) is 14.2 Å². The highest BCUT2D eigenvalue weighted by Crippen LogP contribution is 2.29. The third-order valence-corrected chi connectivity index (χ3v) is 3.85. The summed E-state index contributed by atoms with van der Waals surface area (Å²) >= 11 is 0. The van der Waals surface area contributed by atoms with Crippen LogP contribution in [-0.4, -0.2) is 31.2 Å². The molecule has 0 spiro atoms. The van der Waals surface area contributed by atoms with Gasteiger partial charge in [-0.1, -0.05) is 12.1 Å². The lowest BCUT2D eigenvalue weighted by Gasteiger charge is -2.13. The van der Waals surface area contributed by atoms with Gasteiger partial charge in [-0.25, -0.2) is 13.6 Å². The summed E-state index contributed by atoms with van der Waals surface area (Å²) in [5, 5.41) is 2.08. The third-order valence-electron chi connectivity index (χ3n) is 3.85. The smallest absolute Gasteiger partial charge is 0.331 e. The van der Waals surface area contributed by atoms with Crippen LogP contribution in [0.15, 0.2) is 42.5 Å². The Kier molecular flexibility index (Phi) is 8.34. The van der Waals surface area contributed by atoms with Crippen LogP contribution in [0.3, 0.4) is 0 Å². The molecule has 0 aliphatic carbocycles. The van der Waals surface area contributed by atoms with Gasteiger partial charge < -0.3 is 19.5 Å². The fraction of sp³-hybridized carbons (Fsp3) is 0.273. The third kappa shape index (κ3) is 6.30. The first kappa shape index (κ1) is 22.9. The molecule has 0 bridgehead atoms. The lowest BCUT2D eigenvalue weighted by Crippen LogP contribution is -2.30. The van der Waals surface area contributed by atoms with Gasteiger partial charge >= 0.3 is 5.97 Å². The van der Waals surface area contributed by atoms with Crippen molar-refractivity contribution in [2.75, 3.05) is 18.5 Å². The van der Waals surface area contributed by atoms with Crippen molar-refractivity contribution in [2.24, 2.45) is 0 Å². The van der Waals surface area contributed by atoms with E-state index in [-0.39, 0.29) is 0 Å². The van der Waals surface area contributed by atoms with Gasteiger partial charge in [0.1, 0.15) is 17.3 Å². The van der Waals surface area contributed by atoms with Gasteiger partial charge in [-0.15, -0.1) is 0 Å². The summed E-state index contributed by atoms with van der Waals surface area (Å²) in [7, 11) is 0. The molecule has 1 N–H and O–H groups in total. The molecule has 0 unspecified atom stereocenters. The Morgan fingerprint density at radius 1 is 1.03 bits per heavy atom. The lowest BCUT2D eigenvalue weighted by atomic mass is 10.2. The summed E-state index contributed by atoms with van der Waals surface area (Å²) in [4.78, 5) is 24.1. The first-order chi connectivity index (χ1) is 14.3.